The van der Waals surface area contributed by atoms with Gasteiger partial charge in [-0.1, -0.05) is 12.1 Å². The SMILES string of the molecule is CCN(c1ccc(NC(=O)c2ccccc2Br)cc1)C(C)C. The second kappa shape index (κ2) is 7.45. The number of carbonyl (C=O) groups excluding carboxylic acids is 1. The van der Waals surface area contributed by atoms with Crippen LogP contribution < -0.4 is 10.2 Å². The lowest BCUT2D eigenvalue weighted by atomic mass is 10.2. The molecule has 0 atom stereocenters. The Hall–Kier alpha value is -1.81. The van der Waals surface area contributed by atoms with E-state index in [2.05, 4.69) is 46.9 Å². The molecule has 0 radical (unpaired) electrons. The smallest absolute Gasteiger partial charge is 0.256 e. The summed E-state index contributed by atoms with van der Waals surface area (Å²) in [4.78, 5) is 14.6. The minimum Gasteiger partial charge on any atom is -0.369 e. The van der Waals surface area contributed by atoms with Crippen LogP contribution in [0, 0.1) is 0 Å². The van der Waals surface area contributed by atoms with E-state index in [0.717, 1.165) is 22.4 Å². The molecule has 2 aromatic rings. The van der Waals surface area contributed by atoms with E-state index in [1.54, 1.807) is 6.07 Å². The highest BCUT2D eigenvalue weighted by molar-refractivity contribution is 9.10. The molecule has 0 bridgehead atoms. The number of halogens is 1. The lowest BCUT2D eigenvalue weighted by Crippen LogP contribution is -2.30. The quantitative estimate of drug-likeness (QED) is 0.819. The van der Waals surface area contributed by atoms with Gasteiger partial charge in [-0.05, 0) is 73.1 Å². The molecule has 0 aromatic heterocycles. The number of rotatable bonds is 5. The van der Waals surface area contributed by atoms with Gasteiger partial charge >= 0.3 is 0 Å². The maximum absolute atomic E-state index is 12.3. The summed E-state index contributed by atoms with van der Waals surface area (Å²) in [5.74, 6) is -0.114. The molecular weight excluding hydrogens is 340 g/mol. The Kier molecular flexibility index (Phi) is 5.61. The van der Waals surface area contributed by atoms with Crippen LogP contribution in [0.3, 0.4) is 0 Å². The van der Waals surface area contributed by atoms with E-state index < -0.39 is 0 Å². The second-order valence-electron chi connectivity index (χ2n) is 5.36. The van der Waals surface area contributed by atoms with E-state index in [0.29, 0.717) is 11.6 Å². The van der Waals surface area contributed by atoms with Crippen molar-refractivity contribution in [3.8, 4) is 0 Å². The summed E-state index contributed by atoms with van der Waals surface area (Å²) in [5, 5.41) is 2.92. The molecule has 2 aromatic carbocycles. The number of anilines is 2. The molecule has 1 N–H and O–H groups in total. The Balaban J connectivity index is 2.12. The van der Waals surface area contributed by atoms with Crippen LogP contribution in [0.25, 0.3) is 0 Å². The highest BCUT2D eigenvalue weighted by Crippen LogP contribution is 2.21. The highest BCUT2D eigenvalue weighted by atomic mass is 79.9. The van der Waals surface area contributed by atoms with Crippen LogP contribution in [0.15, 0.2) is 53.0 Å². The van der Waals surface area contributed by atoms with E-state index in [-0.39, 0.29) is 5.91 Å². The number of hydrogen-bond donors (Lipinski definition) is 1. The Morgan fingerprint density at radius 3 is 2.32 bits per heavy atom. The number of benzene rings is 2. The molecule has 0 saturated carbocycles. The summed E-state index contributed by atoms with van der Waals surface area (Å²) in [5.41, 5.74) is 2.59. The Morgan fingerprint density at radius 2 is 1.77 bits per heavy atom. The number of nitrogens with one attached hydrogen (secondary N) is 1. The first kappa shape index (κ1) is 16.6. The molecule has 3 nitrogen and oxygen atoms in total. The average molecular weight is 361 g/mol. The lowest BCUT2D eigenvalue weighted by Gasteiger charge is -2.27. The van der Waals surface area contributed by atoms with Crippen LogP contribution in [0.1, 0.15) is 31.1 Å². The molecule has 0 aliphatic heterocycles. The molecule has 0 unspecified atom stereocenters. The minimum atomic E-state index is -0.114. The van der Waals surface area contributed by atoms with Crippen molar-refractivity contribution in [1.82, 2.24) is 0 Å². The molecule has 0 aliphatic carbocycles. The van der Waals surface area contributed by atoms with Crippen molar-refractivity contribution < 1.29 is 4.79 Å². The van der Waals surface area contributed by atoms with Crippen LogP contribution in [0.2, 0.25) is 0 Å². The van der Waals surface area contributed by atoms with Gasteiger partial charge in [-0.2, -0.15) is 0 Å². The molecule has 22 heavy (non-hydrogen) atoms. The van der Waals surface area contributed by atoms with Gasteiger partial charge in [0.2, 0.25) is 0 Å². The maximum Gasteiger partial charge on any atom is 0.256 e. The molecule has 2 rings (SSSR count). The number of nitrogens with zero attached hydrogens (tertiary/aromatic N) is 1. The van der Waals surface area contributed by atoms with Gasteiger partial charge in [-0.25, -0.2) is 0 Å². The summed E-state index contributed by atoms with van der Waals surface area (Å²) in [6.07, 6.45) is 0. The summed E-state index contributed by atoms with van der Waals surface area (Å²) >= 11 is 3.40. The zero-order chi connectivity index (χ0) is 16.1. The molecule has 0 aliphatic rings. The fourth-order valence-corrected chi connectivity index (χ4v) is 2.89. The van der Waals surface area contributed by atoms with E-state index in [9.17, 15) is 4.79 Å². The minimum absolute atomic E-state index is 0.114. The molecule has 0 spiro atoms. The van der Waals surface area contributed by atoms with Crippen molar-refractivity contribution in [2.24, 2.45) is 0 Å². The van der Waals surface area contributed by atoms with E-state index >= 15 is 0 Å². The van der Waals surface area contributed by atoms with Crippen LogP contribution in [0.5, 0.6) is 0 Å². The summed E-state index contributed by atoms with van der Waals surface area (Å²) in [6, 6.07) is 15.8. The third-order valence-corrected chi connectivity index (χ3v) is 4.23. The third kappa shape index (κ3) is 3.89. The van der Waals surface area contributed by atoms with E-state index in [1.807, 2.05) is 42.5 Å². The predicted molar refractivity (Wildman–Crippen MR) is 96.7 cm³/mol. The van der Waals surface area contributed by atoms with Crippen LogP contribution >= 0.6 is 15.9 Å². The standard InChI is InChI=1S/C18H21BrN2O/c1-4-21(13(2)3)15-11-9-14(10-12-15)20-18(22)16-7-5-6-8-17(16)19/h5-13H,4H2,1-3H3,(H,20,22). The van der Waals surface area contributed by atoms with Gasteiger partial charge in [-0.15, -0.1) is 0 Å². The topological polar surface area (TPSA) is 32.3 Å². The van der Waals surface area contributed by atoms with Crippen molar-refractivity contribution >= 4 is 33.2 Å². The third-order valence-electron chi connectivity index (χ3n) is 3.54. The van der Waals surface area contributed by atoms with Crippen molar-refractivity contribution in [2.45, 2.75) is 26.8 Å². The van der Waals surface area contributed by atoms with Crippen LogP contribution in [0.4, 0.5) is 11.4 Å². The van der Waals surface area contributed by atoms with Crippen molar-refractivity contribution in [3.63, 3.8) is 0 Å². The van der Waals surface area contributed by atoms with E-state index in [1.165, 1.54) is 0 Å². The van der Waals surface area contributed by atoms with Gasteiger partial charge in [0.25, 0.3) is 5.91 Å². The molecule has 0 fully saturated rings. The zero-order valence-corrected chi connectivity index (χ0v) is 14.7. The first-order valence-electron chi connectivity index (χ1n) is 7.45. The van der Waals surface area contributed by atoms with Gasteiger partial charge in [-0.3, -0.25) is 4.79 Å². The fraction of sp³-hybridized carbons (Fsp3) is 0.278. The number of amides is 1. The van der Waals surface area contributed by atoms with Gasteiger partial charge < -0.3 is 10.2 Å². The summed E-state index contributed by atoms with van der Waals surface area (Å²) < 4.78 is 0.793. The van der Waals surface area contributed by atoms with Crippen molar-refractivity contribution in [1.29, 1.82) is 0 Å². The van der Waals surface area contributed by atoms with Crippen LogP contribution in [-0.2, 0) is 0 Å². The van der Waals surface area contributed by atoms with Crippen molar-refractivity contribution in [2.75, 3.05) is 16.8 Å². The average Bonchev–Trinajstić information content (AvgIpc) is 2.49. The first-order valence-corrected chi connectivity index (χ1v) is 8.24. The molecule has 1 amide bonds. The molecular formula is C18H21BrN2O. The molecule has 0 heterocycles. The lowest BCUT2D eigenvalue weighted by molar-refractivity contribution is 0.102. The second-order valence-corrected chi connectivity index (χ2v) is 6.21. The first-order chi connectivity index (χ1) is 10.5. The largest absolute Gasteiger partial charge is 0.369 e. The van der Waals surface area contributed by atoms with Gasteiger partial charge in [0.1, 0.15) is 0 Å². The van der Waals surface area contributed by atoms with Crippen LogP contribution in [-0.4, -0.2) is 18.5 Å². The number of carbonyl (C=O) groups is 1. The Labute approximate surface area is 140 Å². The summed E-state index contributed by atoms with van der Waals surface area (Å²) in [6.45, 7) is 7.45. The maximum atomic E-state index is 12.3. The predicted octanol–water partition coefficient (Wildman–Crippen LogP) is 4.94. The Morgan fingerprint density at radius 1 is 1.14 bits per heavy atom. The van der Waals surface area contributed by atoms with Gasteiger partial charge in [0, 0.05) is 28.4 Å². The molecule has 4 heteroatoms. The zero-order valence-electron chi connectivity index (χ0n) is 13.1. The fourth-order valence-electron chi connectivity index (χ4n) is 2.43. The summed E-state index contributed by atoms with van der Waals surface area (Å²) in [7, 11) is 0. The van der Waals surface area contributed by atoms with Crippen molar-refractivity contribution in [3.05, 3.63) is 58.6 Å². The normalized spacial score (nSPS) is 10.6. The van der Waals surface area contributed by atoms with Gasteiger partial charge in [0.05, 0.1) is 5.56 Å². The molecule has 0 saturated heterocycles. The molecule has 116 valence electrons. The highest BCUT2D eigenvalue weighted by Gasteiger charge is 2.11. The number of hydrogen-bond acceptors (Lipinski definition) is 2. The van der Waals surface area contributed by atoms with E-state index in [4.69, 9.17) is 0 Å². The monoisotopic (exact) mass is 360 g/mol. The Bertz CT molecular complexity index is 638. The van der Waals surface area contributed by atoms with Gasteiger partial charge in [0.15, 0.2) is 0 Å².